The van der Waals surface area contributed by atoms with Crippen LogP contribution in [-0.2, 0) is 18.9 Å². The molecule has 0 radical (unpaired) electrons. The van der Waals surface area contributed by atoms with E-state index in [2.05, 4.69) is 0 Å². The van der Waals surface area contributed by atoms with Crippen molar-refractivity contribution in [2.45, 2.75) is 19.3 Å². The molecule has 8 heteroatoms. The Bertz CT molecular complexity index is 370. The topological polar surface area (TPSA) is 134 Å². The van der Waals surface area contributed by atoms with E-state index in [1.54, 1.807) is 0 Å². The van der Waals surface area contributed by atoms with Crippen LogP contribution in [0.3, 0.4) is 0 Å². The second-order valence-electron chi connectivity index (χ2n) is 5.22. The molecule has 0 amide bonds. The monoisotopic (exact) mass is 338 g/mol. The van der Waals surface area contributed by atoms with E-state index < -0.39 is 5.41 Å². The molecule has 0 atom stereocenters. The third-order valence-electron chi connectivity index (χ3n) is 2.97. The molecule has 134 valence electrons. The lowest BCUT2D eigenvalue weighted by Crippen LogP contribution is -2.42. The smallest absolute Gasteiger partial charge is 0.0645 e. The second kappa shape index (κ2) is 16.1. The summed E-state index contributed by atoms with van der Waals surface area (Å²) in [5.41, 5.74) is 4.88. The summed E-state index contributed by atoms with van der Waals surface area (Å²) in [7, 11) is 0. The molecule has 2 N–H and O–H groups in total. The Balaban J connectivity index is 4.69. The zero-order valence-electron chi connectivity index (χ0n) is 14.0. The van der Waals surface area contributed by atoms with E-state index in [0.29, 0.717) is 78.7 Å². The largest absolute Gasteiger partial charge is 0.380 e. The van der Waals surface area contributed by atoms with Gasteiger partial charge in [-0.05, 0) is 0 Å². The van der Waals surface area contributed by atoms with Crippen molar-refractivity contribution < 1.29 is 18.9 Å². The van der Waals surface area contributed by atoms with Crippen molar-refractivity contribution in [1.82, 2.24) is 0 Å². The van der Waals surface area contributed by atoms with Crippen molar-refractivity contribution in [3.63, 3.8) is 0 Å². The Hall–Kier alpha value is -1.73. The average molecular weight is 338 g/mol. The molecule has 0 bridgehead atoms. The van der Waals surface area contributed by atoms with Gasteiger partial charge in [0, 0.05) is 6.54 Å². The van der Waals surface area contributed by atoms with Gasteiger partial charge in [0.25, 0.3) is 0 Å². The fraction of sp³-hybridized carbons (Fsp3) is 0.812. The van der Waals surface area contributed by atoms with Gasteiger partial charge in [-0.2, -0.15) is 15.8 Å². The van der Waals surface area contributed by atoms with Crippen molar-refractivity contribution >= 4 is 0 Å². The minimum Gasteiger partial charge on any atom is -0.380 e. The van der Waals surface area contributed by atoms with Gasteiger partial charge in [0.2, 0.25) is 0 Å². The number of ether oxygens (including phenoxy) is 4. The highest BCUT2D eigenvalue weighted by atomic mass is 16.5. The first-order chi connectivity index (χ1) is 11.7. The minimum atomic E-state index is -0.574. The van der Waals surface area contributed by atoms with E-state index in [-0.39, 0.29) is 0 Å². The lowest BCUT2D eigenvalue weighted by molar-refractivity contribution is -0.104. The van der Waals surface area contributed by atoms with Gasteiger partial charge in [0.1, 0.15) is 0 Å². The van der Waals surface area contributed by atoms with Gasteiger partial charge >= 0.3 is 0 Å². The lowest BCUT2D eigenvalue weighted by Gasteiger charge is -2.32. The first kappa shape index (κ1) is 22.3. The predicted octanol–water partition coefficient (Wildman–Crippen LogP) is 0.739. The molecule has 0 saturated heterocycles. The van der Waals surface area contributed by atoms with Gasteiger partial charge < -0.3 is 24.7 Å². The summed E-state index contributed by atoms with van der Waals surface area (Å²) in [5, 5.41) is 25.8. The van der Waals surface area contributed by atoms with Gasteiger partial charge in [-0.15, -0.1) is 0 Å². The maximum Gasteiger partial charge on any atom is 0.0645 e. The summed E-state index contributed by atoms with van der Waals surface area (Å²) in [6.45, 7) is 2.92. The third kappa shape index (κ3) is 11.8. The van der Waals surface area contributed by atoms with Crippen LogP contribution < -0.4 is 5.73 Å². The van der Waals surface area contributed by atoms with Crippen LogP contribution in [0.25, 0.3) is 0 Å². The van der Waals surface area contributed by atoms with E-state index >= 15 is 0 Å². The molecule has 0 aliphatic heterocycles. The molecular weight excluding hydrogens is 312 g/mol. The first-order valence-corrected chi connectivity index (χ1v) is 7.86. The van der Waals surface area contributed by atoms with E-state index in [0.717, 1.165) is 0 Å². The molecule has 0 fully saturated rings. The van der Waals surface area contributed by atoms with Crippen molar-refractivity contribution in [2.75, 3.05) is 59.4 Å². The molecule has 0 aliphatic rings. The summed E-state index contributed by atoms with van der Waals surface area (Å²) in [4.78, 5) is 0. The molecule has 0 rings (SSSR count). The van der Waals surface area contributed by atoms with Crippen LogP contribution >= 0.6 is 0 Å². The van der Waals surface area contributed by atoms with Crippen molar-refractivity contribution in [3.05, 3.63) is 0 Å². The molecule has 0 unspecified atom stereocenters. The molecule has 24 heavy (non-hydrogen) atoms. The standard InChI is InChI=1S/C16H26N4O4/c17-4-1-8-21-12-16(15-24-11-7-20,13-22-9-2-5-18)14-23-10-3-6-19/h1-3,7-15,20H2. The van der Waals surface area contributed by atoms with Crippen LogP contribution in [0.1, 0.15) is 19.3 Å². The molecular formula is C16H26N4O4. The molecule has 0 spiro atoms. The second-order valence-corrected chi connectivity index (χ2v) is 5.22. The average Bonchev–Trinajstić information content (AvgIpc) is 2.60. The van der Waals surface area contributed by atoms with E-state index in [4.69, 9.17) is 40.5 Å². The Morgan fingerprint density at radius 2 is 0.958 bits per heavy atom. The highest BCUT2D eigenvalue weighted by molar-refractivity contribution is 4.81. The van der Waals surface area contributed by atoms with Crippen molar-refractivity contribution in [1.29, 1.82) is 15.8 Å². The van der Waals surface area contributed by atoms with Crippen LogP contribution in [0, 0.1) is 39.4 Å². The fourth-order valence-corrected chi connectivity index (χ4v) is 1.84. The molecule has 0 heterocycles. The number of nitriles is 3. The summed E-state index contributed by atoms with van der Waals surface area (Å²) in [6, 6.07) is 6.06. The maximum atomic E-state index is 8.59. The summed E-state index contributed by atoms with van der Waals surface area (Å²) < 4.78 is 22.2. The number of hydrogen-bond acceptors (Lipinski definition) is 8. The molecule has 0 aromatic rings. The summed E-state index contributed by atoms with van der Waals surface area (Å²) in [5.74, 6) is 0. The van der Waals surface area contributed by atoms with Gasteiger partial charge in [0.05, 0.1) is 95.7 Å². The highest BCUT2D eigenvalue weighted by Crippen LogP contribution is 2.21. The predicted molar refractivity (Wildman–Crippen MR) is 85.5 cm³/mol. The third-order valence-corrected chi connectivity index (χ3v) is 2.97. The Morgan fingerprint density at radius 1 is 0.625 bits per heavy atom. The lowest BCUT2D eigenvalue weighted by atomic mass is 9.92. The number of rotatable bonds is 16. The normalized spacial score (nSPS) is 10.8. The van der Waals surface area contributed by atoms with Gasteiger partial charge in [-0.3, -0.25) is 0 Å². The number of nitrogens with zero attached hydrogens (tertiary/aromatic N) is 3. The molecule has 0 aliphatic carbocycles. The summed E-state index contributed by atoms with van der Waals surface area (Å²) in [6.07, 6.45) is 0.888. The van der Waals surface area contributed by atoms with E-state index in [1.807, 2.05) is 18.2 Å². The molecule has 0 aromatic heterocycles. The van der Waals surface area contributed by atoms with Crippen LogP contribution in [-0.4, -0.2) is 59.4 Å². The summed E-state index contributed by atoms with van der Waals surface area (Å²) >= 11 is 0. The van der Waals surface area contributed by atoms with Crippen LogP contribution in [0.4, 0.5) is 0 Å². The van der Waals surface area contributed by atoms with E-state index in [1.165, 1.54) is 0 Å². The Labute approximate surface area is 143 Å². The van der Waals surface area contributed by atoms with Gasteiger partial charge in [-0.1, -0.05) is 0 Å². The number of hydrogen-bond donors (Lipinski definition) is 1. The zero-order chi connectivity index (χ0) is 17.9. The quantitative estimate of drug-likeness (QED) is 0.407. The van der Waals surface area contributed by atoms with Crippen LogP contribution in [0.5, 0.6) is 0 Å². The SMILES string of the molecule is N#CCCOCC(COCCN)(COCCC#N)COCCC#N. The Morgan fingerprint density at radius 3 is 1.25 bits per heavy atom. The zero-order valence-corrected chi connectivity index (χ0v) is 14.0. The van der Waals surface area contributed by atoms with Crippen molar-refractivity contribution in [2.24, 2.45) is 11.1 Å². The molecule has 8 nitrogen and oxygen atoms in total. The minimum absolute atomic E-state index is 0.290. The highest BCUT2D eigenvalue weighted by Gasteiger charge is 2.32. The van der Waals surface area contributed by atoms with Gasteiger partial charge in [0.15, 0.2) is 0 Å². The Kier molecular flexibility index (Phi) is 15.0. The van der Waals surface area contributed by atoms with Crippen LogP contribution in [0.2, 0.25) is 0 Å². The maximum absolute atomic E-state index is 8.59. The molecule has 0 saturated carbocycles. The first-order valence-electron chi connectivity index (χ1n) is 7.86. The molecule has 0 aromatic carbocycles. The van der Waals surface area contributed by atoms with Crippen LogP contribution in [0.15, 0.2) is 0 Å². The van der Waals surface area contributed by atoms with Crippen molar-refractivity contribution in [3.8, 4) is 18.2 Å². The van der Waals surface area contributed by atoms with E-state index in [9.17, 15) is 0 Å². The van der Waals surface area contributed by atoms with Gasteiger partial charge in [-0.25, -0.2) is 0 Å². The number of nitrogens with two attached hydrogens (primary N) is 1. The fourth-order valence-electron chi connectivity index (χ4n) is 1.84.